The summed E-state index contributed by atoms with van der Waals surface area (Å²) in [5, 5.41) is 64.5. The fraction of sp³-hybridized carbons (Fsp3) is 0.167. The highest BCUT2D eigenvalue weighted by molar-refractivity contribution is 7.20. The van der Waals surface area contributed by atoms with Crippen molar-refractivity contribution in [2.24, 2.45) is 0 Å². The molecule has 20 rings (SSSR count). The van der Waals surface area contributed by atoms with E-state index in [0.29, 0.717) is 50.9 Å². The summed E-state index contributed by atoms with van der Waals surface area (Å²) in [6, 6.07) is 48.3. The SMILES string of the molecule is CC(C)Nc1ncc(-c2cc(-c3ccc(Cl)cc3)c3nncn3c2)s1.CC(C)Nc1ncc(-c2cc(-c3ccc(F)cc3)c3nncn3c2)s1.CC(C)Nc1ncc(-c2cc(-c3cccc(Cl)c3)c3nncn3c2)s1.CC(C)Nc1ncc(-c2cc(-c3cccc(F)c3)c3nncn3c2)s1.CC(C)Nc1ncc(-c2cc(-c3ccccc3Cl)c3nncn3c2)s1. The molecule has 0 atom stereocenters. The van der Waals surface area contributed by atoms with E-state index in [1.54, 1.807) is 107 Å². The maximum absolute atomic E-state index is 13.7. The van der Waals surface area contributed by atoms with Gasteiger partial charge in [0.05, 0.1) is 24.4 Å². The zero-order valence-electron chi connectivity index (χ0n) is 68.9. The Morgan fingerprint density at radius 1 is 0.272 bits per heavy atom. The predicted octanol–water partition coefficient (Wildman–Crippen LogP) is 23.9. The minimum atomic E-state index is -0.276. The van der Waals surface area contributed by atoms with Gasteiger partial charge in [0.2, 0.25) is 0 Å². The first kappa shape index (κ1) is 85.6. The number of anilines is 5. The Labute approximate surface area is 752 Å². The van der Waals surface area contributed by atoms with Crippen LogP contribution in [-0.4, -0.2) is 128 Å². The van der Waals surface area contributed by atoms with E-state index in [9.17, 15) is 8.78 Å². The summed E-state index contributed by atoms with van der Waals surface area (Å²) in [5.41, 5.74) is 18.4. The van der Waals surface area contributed by atoms with E-state index in [-0.39, 0.29) is 11.6 Å². The van der Waals surface area contributed by atoms with Gasteiger partial charge in [-0.1, -0.05) is 158 Å². The number of pyridine rings is 5. The van der Waals surface area contributed by atoms with Crippen molar-refractivity contribution < 1.29 is 8.78 Å². The second-order valence-electron chi connectivity index (χ2n) is 30.2. The molecule has 20 aromatic rings. The lowest BCUT2D eigenvalue weighted by Crippen LogP contribution is -2.08. The van der Waals surface area contributed by atoms with E-state index in [1.807, 2.05) is 175 Å². The minimum absolute atomic E-state index is 0.260. The summed E-state index contributed by atoms with van der Waals surface area (Å²) in [6.07, 6.45) is 27.8. The van der Waals surface area contributed by atoms with Crippen LogP contribution in [0.15, 0.2) is 245 Å². The number of benzene rings is 5. The van der Waals surface area contributed by atoms with Gasteiger partial charge in [-0.25, -0.2) is 33.7 Å². The van der Waals surface area contributed by atoms with E-state index in [4.69, 9.17) is 34.8 Å². The summed E-state index contributed by atoms with van der Waals surface area (Å²) in [5.74, 6) is -0.536. The quantitative estimate of drug-likeness (QED) is 0.0474. The minimum Gasteiger partial charge on any atom is -0.359 e. The van der Waals surface area contributed by atoms with Crippen molar-refractivity contribution in [3.05, 3.63) is 272 Å². The molecule has 0 saturated carbocycles. The largest absolute Gasteiger partial charge is 0.359 e. The Kier molecular flexibility index (Phi) is 26.3. The molecule has 0 amide bonds. The van der Waals surface area contributed by atoms with Crippen LogP contribution in [0.2, 0.25) is 15.1 Å². The van der Waals surface area contributed by atoms with Gasteiger partial charge in [-0.3, -0.25) is 22.0 Å². The zero-order valence-corrected chi connectivity index (χ0v) is 75.2. The molecule has 35 heteroatoms. The summed E-state index contributed by atoms with van der Waals surface area (Å²) in [4.78, 5) is 27.6. The standard InChI is InChI=1S/3C18H16ClN5S.2C18H16FN5S/c1-11(2)22-18-20-8-16(25-18)13-7-15(12-3-5-14(19)6-4-12)17-23-21-10-24(17)9-13;1-11(2)22-18-20-8-16(25-18)13-7-15(12-4-3-5-14(19)6-12)17-23-21-10-24(17)9-13;1-11(2)22-18-20-8-16(25-18)12-7-14(13-5-3-4-6-15(13)19)17-23-21-10-24(17)9-12;1-11(2)22-18-20-8-16(25-18)13-7-15(12-3-5-14(19)6-4-12)17-23-21-10-24(17)9-13;1-11(2)22-18-20-8-16(25-18)13-7-15(12-4-3-5-14(19)6-12)17-23-21-10-24(17)9-13/h5*3-11H,1-2H3,(H,20,22). The first-order chi connectivity index (χ1) is 60.5. The Bertz CT molecular complexity index is 6770. The molecule has 5 aromatic carbocycles. The van der Waals surface area contributed by atoms with Gasteiger partial charge in [0.25, 0.3) is 0 Å². The molecule has 125 heavy (non-hydrogen) atoms. The van der Waals surface area contributed by atoms with E-state index >= 15 is 0 Å². The lowest BCUT2D eigenvalue weighted by atomic mass is 10.0. The first-order valence-electron chi connectivity index (χ1n) is 39.6. The Balaban J connectivity index is 0.000000115. The van der Waals surface area contributed by atoms with Crippen LogP contribution >= 0.6 is 91.5 Å². The van der Waals surface area contributed by atoms with Crippen molar-refractivity contribution in [2.75, 3.05) is 26.6 Å². The van der Waals surface area contributed by atoms with Gasteiger partial charge < -0.3 is 26.6 Å². The molecule has 0 bridgehead atoms. The van der Waals surface area contributed by atoms with Gasteiger partial charge in [0.15, 0.2) is 53.9 Å². The molecular formula is C90H80Cl3F2N25S5. The molecular weight excluding hydrogens is 1740 g/mol. The number of aromatic nitrogens is 20. The first-order valence-corrected chi connectivity index (χ1v) is 44.8. The molecule has 0 fully saturated rings. The molecule has 0 aliphatic rings. The normalized spacial score (nSPS) is 11.4. The number of hydrogen-bond acceptors (Lipinski definition) is 25. The highest BCUT2D eigenvalue weighted by Gasteiger charge is 2.21. The van der Waals surface area contributed by atoms with Crippen molar-refractivity contribution in [3.63, 3.8) is 0 Å². The number of thiazole rings is 5. The molecule has 0 saturated heterocycles. The Morgan fingerprint density at radius 2 is 0.568 bits per heavy atom. The number of nitrogens with one attached hydrogen (secondary N) is 5. The monoisotopic (exact) mass is 1810 g/mol. The van der Waals surface area contributed by atoms with E-state index in [1.165, 1.54) is 24.3 Å². The van der Waals surface area contributed by atoms with E-state index in [0.717, 1.165) is 156 Å². The topological polar surface area (TPSA) is 276 Å². The van der Waals surface area contributed by atoms with Gasteiger partial charge in [-0.05, 0) is 176 Å². The summed E-state index contributed by atoms with van der Waals surface area (Å²) >= 11 is 26.7. The number of hydrogen-bond donors (Lipinski definition) is 5. The average Bonchev–Trinajstić information content (AvgIpc) is 1.63. The van der Waals surface area contributed by atoms with Crippen LogP contribution in [0.5, 0.6) is 0 Å². The van der Waals surface area contributed by atoms with Crippen LogP contribution in [-0.2, 0) is 0 Å². The highest BCUT2D eigenvalue weighted by atomic mass is 35.5. The van der Waals surface area contributed by atoms with E-state index < -0.39 is 0 Å². The van der Waals surface area contributed by atoms with Crippen LogP contribution < -0.4 is 26.6 Å². The second kappa shape index (κ2) is 38.5. The van der Waals surface area contributed by atoms with Gasteiger partial charge in [0, 0.05) is 168 Å². The lowest BCUT2D eigenvalue weighted by Gasteiger charge is -2.08. The summed E-state index contributed by atoms with van der Waals surface area (Å²) in [6.45, 7) is 20.9. The molecule has 15 heterocycles. The lowest BCUT2D eigenvalue weighted by molar-refractivity contribution is 0.628. The third-order valence-corrected chi connectivity index (χ3v) is 24.4. The number of halogens is 5. The molecule has 5 N–H and O–H groups in total. The van der Waals surface area contributed by atoms with Crippen LogP contribution in [0, 0.1) is 11.6 Å². The molecule has 0 unspecified atom stereocenters. The molecule has 0 aliphatic carbocycles. The second-order valence-corrected chi connectivity index (χ2v) is 36.6. The van der Waals surface area contributed by atoms with Crippen molar-refractivity contribution in [3.8, 4) is 108 Å². The Hall–Kier alpha value is -12.9. The molecule has 630 valence electrons. The third-order valence-electron chi connectivity index (χ3n) is 18.7. The van der Waals surface area contributed by atoms with Crippen molar-refractivity contribution in [1.29, 1.82) is 0 Å². The van der Waals surface area contributed by atoms with Gasteiger partial charge in [-0.15, -0.1) is 51.0 Å². The van der Waals surface area contributed by atoms with Crippen LogP contribution in [0.1, 0.15) is 69.2 Å². The summed E-state index contributed by atoms with van der Waals surface area (Å²) in [7, 11) is 0. The number of nitrogens with zero attached hydrogens (tertiary/aromatic N) is 20. The van der Waals surface area contributed by atoms with Crippen LogP contribution in [0.25, 0.3) is 136 Å². The van der Waals surface area contributed by atoms with Crippen LogP contribution in [0.3, 0.4) is 0 Å². The van der Waals surface area contributed by atoms with Gasteiger partial charge in [-0.2, -0.15) is 0 Å². The van der Waals surface area contributed by atoms with Crippen molar-refractivity contribution in [1.82, 2.24) is 97.9 Å². The molecule has 15 aromatic heterocycles. The third kappa shape index (κ3) is 20.6. The Morgan fingerprint density at radius 3 is 0.888 bits per heavy atom. The molecule has 0 aliphatic heterocycles. The van der Waals surface area contributed by atoms with Crippen LogP contribution in [0.4, 0.5) is 34.4 Å². The highest BCUT2D eigenvalue weighted by Crippen LogP contribution is 2.42. The molecule has 0 spiro atoms. The average molecular weight is 1820 g/mol. The fourth-order valence-electron chi connectivity index (χ4n) is 13.3. The summed E-state index contributed by atoms with van der Waals surface area (Å²) < 4.78 is 36.4. The smallest absolute Gasteiger partial charge is 0.183 e. The maximum atomic E-state index is 13.7. The maximum Gasteiger partial charge on any atom is 0.183 e. The molecule has 0 radical (unpaired) electrons. The zero-order chi connectivity index (χ0) is 86.9. The van der Waals surface area contributed by atoms with E-state index in [2.05, 4.69) is 190 Å². The van der Waals surface area contributed by atoms with Gasteiger partial charge in [0.1, 0.15) is 43.3 Å². The number of rotatable bonds is 20. The van der Waals surface area contributed by atoms with Crippen molar-refractivity contribution in [2.45, 2.75) is 99.4 Å². The number of fused-ring (bicyclic) bond motifs is 5. The van der Waals surface area contributed by atoms with Crippen molar-refractivity contribution >= 4 is 145 Å². The van der Waals surface area contributed by atoms with Gasteiger partial charge >= 0.3 is 0 Å². The predicted molar refractivity (Wildman–Crippen MR) is 506 cm³/mol. The fourth-order valence-corrected chi connectivity index (χ4v) is 18.5. The molecule has 25 nitrogen and oxygen atoms in total.